The molecule has 1 nitrogen and oxygen atoms in total. The minimum atomic E-state index is 0.951. The van der Waals surface area contributed by atoms with E-state index in [0.29, 0.717) is 0 Å². The van der Waals surface area contributed by atoms with Crippen LogP contribution in [0.1, 0.15) is 24.1 Å². The van der Waals surface area contributed by atoms with Gasteiger partial charge in [-0.15, -0.1) is 22.7 Å². The van der Waals surface area contributed by atoms with Gasteiger partial charge in [-0.2, -0.15) is 0 Å². The third-order valence-electron chi connectivity index (χ3n) is 3.42. The average molecular weight is 263 g/mol. The number of nitrogens with one attached hydrogen (secondary N) is 1. The Morgan fingerprint density at radius 3 is 2.94 bits per heavy atom. The first-order valence-electron chi connectivity index (χ1n) is 6.24. The van der Waals surface area contributed by atoms with Crippen LogP contribution < -0.4 is 5.32 Å². The van der Waals surface area contributed by atoms with Crippen molar-refractivity contribution in [3.8, 4) is 10.4 Å². The second-order valence-corrected chi connectivity index (χ2v) is 6.65. The first-order chi connectivity index (χ1) is 8.42. The molecule has 90 valence electrons. The Bertz CT molecular complexity index is 454. The van der Waals surface area contributed by atoms with Crippen molar-refractivity contribution in [2.24, 2.45) is 5.92 Å². The van der Waals surface area contributed by atoms with E-state index in [1.165, 1.54) is 41.1 Å². The minimum absolute atomic E-state index is 0.951. The predicted octanol–water partition coefficient (Wildman–Crippen LogP) is 4.37. The van der Waals surface area contributed by atoms with Gasteiger partial charge in [-0.25, -0.2) is 0 Å². The smallest absolute Gasteiger partial charge is 0.0351 e. The van der Waals surface area contributed by atoms with Crippen molar-refractivity contribution >= 4 is 22.7 Å². The van der Waals surface area contributed by atoms with E-state index in [9.17, 15) is 0 Å². The number of hydrogen-bond acceptors (Lipinski definition) is 3. The lowest BCUT2D eigenvalue weighted by Crippen LogP contribution is -2.26. The van der Waals surface area contributed by atoms with Crippen LogP contribution >= 0.6 is 22.7 Å². The molecule has 0 aromatic carbocycles. The molecular formula is C14H17NS2. The molecule has 0 radical (unpaired) electrons. The van der Waals surface area contributed by atoms with E-state index in [0.717, 1.165) is 12.5 Å². The van der Waals surface area contributed by atoms with Gasteiger partial charge in [0.2, 0.25) is 0 Å². The second-order valence-electron chi connectivity index (χ2n) is 4.71. The number of rotatable bonds is 5. The maximum atomic E-state index is 3.58. The standard InChI is InChI=1S/C14H17NS2/c1-3-11(4-1)8-15-9-13-7-12(10-17-13)14-5-2-6-16-14/h2,5-7,10-11,15H,1,3-4,8-9H2. The van der Waals surface area contributed by atoms with E-state index in [1.807, 2.05) is 22.7 Å². The molecule has 1 N–H and O–H groups in total. The summed E-state index contributed by atoms with van der Waals surface area (Å²) in [5, 5.41) is 7.99. The second kappa shape index (κ2) is 5.34. The number of hydrogen-bond donors (Lipinski definition) is 1. The Morgan fingerprint density at radius 1 is 1.29 bits per heavy atom. The van der Waals surface area contributed by atoms with Crippen molar-refractivity contribution in [1.82, 2.24) is 5.32 Å². The van der Waals surface area contributed by atoms with E-state index in [4.69, 9.17) is 0 Å². The highest BCUT2D eigenvalue weighted by atomic mass is 32.1. The summed E-state index contributed by atoms with van der Waals surface area (Å²) >= 11 is 3.69. The Kier molecular flexibility index (Phi) is 3.60. The molecule has 0 unspecified atom stereocenters. The molecule has 1 aliphatic carbocycles. The molecule has 1 aliphatic rings. The molecule has 1 saturated carbocycles. The van der Waals surface area contributed by atoms with E-state index in [-0.39, 0.29) is 0 Å². The van der Waals surface area contributed by atoms with Crippen LogP contribution in [0.5, 0.6) is 0 Å². The third-order valence-corrected chi connectivity index (χ3v) is 5.27. The summed E-state index contributed by atoms with van der Waals surface area (Å²) in [5.41, 5.74) is 1.38. The van der Waals surface area contributed by atoms with Crippen LogP contribution in [-0.4, -0.2) is 6.54 Å². The molecule has 0 aliphatic heterocycles. The lowest BCUT2D eigenvalue weighted by molar-refractivity contribution is 0.301. The van der Waals surface area contributed by atoms with Gasteiger partial charge < -0.3 is 5.32 Å². The van der Waals surface area contributed by atoms with Gasteiger partial charge in [0.25, 0.3) is 0 Å². The molecule has 0 saturated heterocycles. The Morgan fingerprint density at radius 2 is 2.24 bits per heavy atom. The molecule has 17 heavy (non-hydrogen) atoms. The summed E-state index contributed by atoms with van der Waals surface area (Å²) < 4.78 is 0. The minimum Gasteiger partial charge on any atom is -0.312 e. The maximum Gasteiger partial charge on any atom is 0.0351 e. The van der Waals surface area contributed by atoms with Gasteiger partial charge in [-0.3, -0.25) is 0 Å². The van der Waals surface area contributed by atoms with Crippen LogP contribution in [0.25, 0.3) is 10.4 Å². The zero-order valence-electron chi connectivity index (χ0n) is 9.82. The molecule has 0 atom stereocenters. The van der Waals surface area contributed by atoms with Crippen molar-refractivity contribution in [2.75, 3.05) is 6.54 Å². The van der Waals surface area contributed by atoms with E-state index < -0.39 is 0 Å². The Balaban J connectivity index is 1.53. The Hall–Kier alpha value is -0.640. The highest BCUT2D eigenvalue weighted by Crippen LogP contribution is 2.29. The van der Waals surface area contributed by atoms with Gasteiger partial charge in [0.05, 0.1) is 0 Å². The summed E-state index contributed by atoms with van der Waals surface area (Å²) in [6, 6.07) is 6.63. The zero-order valence-corrected chi connectivity index (χ0v) is 11.4. The fraction of sp³-hybridized carbons (Fsp3) is 0.429. The fourth-order valence-corrected chi connectivity index (χ4v) is 3.78. The lowest BCUT2D eigenvalue weighted by Gasteiger charge is -2.25. The predicted molar refractivity (Wildman–Crippen MR) is 76.7 cm³/mol. The van der Waals surface area contributed by atoms with Crippen molar-refractivity contribution < 1.29 is 0 Å². The van der Waals surface area contributed by atoms with E-state index in [2.05, 4.69) is 34.3 Å². The van der Waals surface area contributed by atoms with Crippen molar-refractivity contribution in [2.45, 2.75) is 25.8 Å². The summed E-state index contributed by atoms with van der Waals surface area (Å²) in [5.74, 6) is 0.951. The normalized spacial score (nSPS) is 16.0. The highest BCUT2D eigenvalue weighted by molar-refractivity contribution is 7.14. The molecule has 0 amide bonds. The molecular weight excluding hydrogens is 246 g/mol. The van der Waals surface area contributed by atoms with Crippen LogP contribution in [0.4, 0.5) is 0 Å². The summed E-state index contributed by atoms with van der Waals surface area (Å²) in [7, 11) is 0. The van der Waals surface area contributed by atoms with Gasteiger partial charge in [0.1, 0.15) is 0 Å². The summed E-state index contributed by atoms with van der Waals surface area (Å²) in [6.07, 6.45) is 4.30. The van der Waals surface area contributed by atoms with Gasteiger partial charge in [0.15, 0.2) is 0 Å². The van der Waals surface area contributed by atoms with Crippen LogP contribution in [0, 0.1) is 5.92 Å². The van der Waals surface area contributed by atoms with Crippen LogP contribution in [0.2, 0.25) is 0 Å². The molecule has 2 aromatic heterocycles. The topological polar surface area (TPSA) is 12.0 Å². The number of thiophene rings is 2. The molecule has 3 rings (SSSR count). The quantitative estimate of drug-likeness (QED) is 0.845. The van der Waals surface area contributed by atoms with Crippen molar-refractivity contribution in [3.05, 3.63) is 33.8 Å². The summed E-state index contributed by atoms with van der Waals surface area (Å²) in [4.78, 5) is 2.83. The van der Waals surface area contributed by atoms with E-state index in [1.54, 1.807) is 0 Å². The monoisotopic (exact) mass is 263 g/mol. The third kappa shape index (κ3) is 2.79. The molecule has 2 aromatic rings. The SMILES string of the molecule is c1csc(-c2csc(CNCC3CCC3)c2)c1. The molecule has 0 spiro atoms. The zero-order chi connectivity index (χ0) is 11.5. The molecule has 1 fully saturated rings. The van der Waals surface area contributed by atoms with Crippen molar-refractivity contribution in [1.29, 1.82) is 0 Å². The maximum absolute atomic E-state index is 3.58. The van der Waals surface area contributed by atoms with Crippen LogP contribution in [0.3, 0.4) is 0 Å². The lowest BCUT2D eigenvalue weighted by atomic mass is 9.85. The average Bonchev–Trinajstić information content (AvgIpc) is 2.91. The molecule has 2 heterocycles. The van der Waals surface area contributed by atoms with E-state index >= 15 is 0 Å². The van der Waals surface area contributed by atoms with Gasteiger partial charge >= 0.3 is 0 Å². The van der Waals surface area contributed by atoms with Crippen LogP contribution in [0.15, 0.2) is 29.0 Å². The highest BCUT2D eigenvalue weighted by Gasteiger charge is 2.16. The fourth-order valence-electron chi connectivity index (χ4n) is 2.14. The van der Waals surface area contributed by atoms with Crippen molar-refractivity contribution in [3.63, 3.8) is 0 Å². The molecule has 0 bridgehead atoms. The Labute approximate surface area is 111 Å². The first-order valence-corrected chi connectivity index (χ1v) is 8.00. The van der Waals surface area contributed by atoms with Gasteiger partial charge in [-0.1, -0.05) is 12.5 Å². The largest absolute Gasteiger partial charge is 0.312 e. The van der Waals surface area contributed by atoms with Gasteiger partial charge in [0, 0.05) is 21.9 Å². The molecule has 3 heteroatoms. The van der Waals surface area contributed by atoms with Gasteiger partial charge in [-0.05, 0) is 48.2 Å². The summed E-state index contributed by atoms with van der Waals surface area (Å²) in [6.45, 7) is 2.23. The first kappa shape index (κ1) is 11.5. The van der Waals surface area contributed by atoms with Crippen LogP contribution in [-0.2, 0) is 6.54 Å².